The Labute approximate surface area is 78.8 Å². The minimum absolute atomic E-state index is 0.527. The van der Waals surface area contributed by atoms with Crippen molar-refractivity contribution in [2.75, 3.05) is 5.73 Å². The fourth-order valence-electron chi connectivity index (χ4n) is 0.846. The summed E-state index contributed by atoms with van der Waals surface area (Å²) in [7, 11) is 0. The lowest BCUT2D eigenvalue weighted by Gasteiger charge is -2.01. The van der Waals surface area contributed by atoms with Gasteiger partial charge in [-0.15, -0.1) is 0 Å². The van der Waals surface area contributed by atoms with E-state index in [1.54, 1.807) is 6.07 Å². The summed E-state index contributed by atoms with van der Waals surface area (Å²) in [6, 6.07) is 1.76. The molecule has 0 amide bonds. The third-order valence-electron chi connectivity index (χ3n) is 1.33. The van der Waals surface area contributed by atoms with E-state index in [1.807, 2.05) is 27.7 Å². The topological polar surface area (TPSA) is 38.9 Å². The molecule has 0 saturated carbocycles. The zero-order valence-corrected chi connectivity index (χ0v) is 8.74. The number of hydrogen-bond donors (Lipinski definition) is 1. The summed E-state index contributed by atoms with van der Waals surface area (Å²) in [5, 5.41) is 0.703. The summed E-state index contributed by atoms with van der Waals surface area (Å²) < 4.78 is 0. The lowest BCUT2D eigenvalue weighted by Crippen LogP contribution is -1.94. The second-order valence-corrected chi connectivity index (χ2v) is 2.64. The van der Waals surface area contributed by atoms with Gasteiger partial charge in [0.05, 0.1) is 10.7 Å². The van der Waals surface area contributed by atoms with Crippen molar-refractivity contribution < 1.29 is 0 Å². The summed E-state index contributed by atoms with van der Waals surface area (Å²) >= 11 is 5.83. The quantitative estimate of drug-likeness (QED) is 0.677. The third kappa shape index (κ3) is 2.70. The van der Waals surface area contributed by atoms with E-state index in [2.05, 4.69) is 4.98 Å². The maximum Gasteiger partial charge on any atom is 0.123 e. The highest BCUT2D eigenvalue weighted by Crippen LogP contribution is 2.19. The molecule has 0 fully saturated rings. The maximum absolute atomic E-state index is 5.83. The predicted molar refractivity (Wildman–Crippen MR) is 54.5 cm³/mol. The van der Waals surface area contributed by atoms with Gasteiger partial charge in [0.1, 0.15) is 5.82 Å². The number of aryl methyl sites for hydroxylation is 2. The lowest BCUT2D eigenvalue weighted by atomic mass is 10.2. The van der Waals surface area contributed by atoms with Crippen LogP contribution in [0.5, 0.6) is 0 Å². The van der Waals surface area contributed by atoms with Crippen LogP contribution in [0.1, 0.15) is 25.1 Å². The van der Waals surface area contributed by atoms with Crippen LogP contribution >= 0.6 is 11.6 Å². The first kappa shape index (κ1) is 11.2. The van der Waals surface area contributed by atoms with Gasteiger partial charge in [-0.25, -0.2) is 4.98 Å². The molecular formula is C9H15ClN2. The molecule has 0 unspecified atom stereocenters. The second kappa shape index (κ2) is 4.99. The maximum atomic E-state index is 5.83. The average molecular weight is 187 g/mol. The van der Waals surface area contributed by atoms with Gasteiger partial charge in [0.15, 0.2) is 0 Å². The number of aromatic nitrogens is 1. The molecule has 1 aromatic heterocycles. The second-order valence-electron chi connectivity index (χ2n) is 2.26. The Morgan fingerprint density at radius 1 is 1.33 bits per heavy atom. The first-order chi connectivity index (χ1) is 5.61. The predicted octanol–water partition coefficient (Wildman–Crippen LogP) is 2.96. The first-order valence-electron chi connectivity index (χ1n) is 4.00. The molecule has 0 radical (unpaired) electrons. The normalized spacial score (nSPS) is 8.75. The van der Waals surface area contributed by atoms with Crippen molar-refractivity contribution in [3.63, 3.8) is 0 Å². The van der Waals surface area contributed by atoms with E-state index in [1.165, 1.54) is 0 Å². The molecule has 2 nitrogen and oxygen atoms in total. The lowest BCUT2D eigenvalue weighted by molar-refractivity contribution is 1.19. The van der Waals surface area contributed by atoms with E-state index >= 15 is 0 Å². The van der Waals surface area contributed by atoms with Crippen LogP contribution in [0.15, 0.2) is 6.07 Å². The van der Waals surface area contributed by atoms with Crippen molar-refractivity contribution in [3.05, 3.63) is 22.3 Å². The Bertz CT molecular complexity index is 236. The van der Waals surface area contributed by atoms with Crippen molar-refractivity contribution >= 4 is 17.4 Å². The zero-order chi connectivity index (χ0) is 9.72. The Kier molecular flexibility index (Phi) is 4.67. The van der Waals surface area contributed by atoms with E-state index in [-0.39, 0.29) is 0 Å². The molecule has 1 heterocycles. The van der Waals surface area contributed by atoms with Gasteiger partial charge >= 0.3 is 0 Å². The van der Waals surface area contributed by atoms with Crippen molar-refractivity contribution in [1.29, 1.82) is 0 Å². The molecule has 2 N–H and O–H groups in total. The number of rotatable bonds is 0. The van der Waals surface area contributed by atoms with Crippen molar-refractivity contribution in [2.45, 2.75) is 27.7 Å². The van der Waals surface area contributed by atoms with Gasteiger partial charge in [-0.1, -0.05) is 25.4 Å². The van der Waals surface area contributed by atoms with Crippen LogP contribution in [0.3, 0.4) is 0 Å². The molecule has 0 aliphatic carbocycles. The number of nitrogen functional groups attached to an aromatic ring is 1. The molecule has 3 heteroatoms. The van der Waals surface area contributed by atoms with Crippen LogP contribution in [-0.4, -0.2) is 4.98 Å². The Balaban J connectivity index is 0.000000561. The molecule has 0 atom stereocenters. The van der Waals surface area contributed by atoms with E-state index in [9.17, 15) is 0 Å². The highest BCUT2D eigenvalue weighted by Gasteiger charge is 2.00. The molecule has 68 valence electrons. The molecule has 12 heavy (non-hydrogen) atoms. The summed E-state index contributed by atoms with van der Waals surface area (Å²) in [5.41, 5.74) is 7.23. The highest BCUT2D eigenvalue weighted by atomic mass is 35.5. The standard InChI is InChI=1S/C7H9ClN2.C2H6/c1-4-3-6(9)10-5(2)7(4)8;1-2/h3H,1-2H3,(H2,9,10);1-2H3. The van der Waals surface area contributed by atoms with Crippen LogP contribution in [0, 0.1) is 13.8 Å². The molecule has 0 aliphatic rings. The first-order valence-corrected chi connectivity index (χ1v) is 4.38. The number of halogens is 1. The molecule has 1 rings (SSSR count). The number of hydrogen-bond acceptors (Lipinski definition) is 2. The molecule has 0 saturated heterocycles. The van der Waals surface area contributed by atoms with Crippen LogP contribution in [0.25, 0.3) is 0 Å². The molecule has 0 aliphatic heterocycles. The summed E-state index contributed by atoms with van der Waals surface area (Å²) in [6.07, 6.45) is 0. The summed E-state index contributed by atoms with van der Waals surface area (Å²) in [6.45, 7) is 7.75. The average Bonchev–Trinajstić information content (AvgIpc) is 2.04. The van der Waals surface area contributed by atoms with Crippen molar-refractivity contribution in [3.8, 4) is 0 Å². The minimum Gasteiger partial charge on any atom is -0.384 e. The number of pyridine rings is 1. The fraction of sp³-hybridized carbons (Fsp3) is 0.444. The van der Waals surface area contributed by atoms with Crippen LogP contribution < -0.4 is 5.73 Å². The smallest absolute Gasteiger partial charge is 0.123 e. The number of nitrogens with two attached hydrogens (primary N) is 1. The van der Waals surface area contributed by atoms with Crippen molar-refractivity contribution in [1.82, 2.24) is 4.98 Å². The molecule has 0 bridgehead atoms. The molecule has 0 spiro atoms. The summed E-state index contributed by atoms with van der Waals surface area (Å²) in [5.74, 6) is 0.527. The van der Waals surface area contributed by atoms with Crippen LogP contribution in [0.2, 0.25) is 5.02 Å². The third-order valence-corrected chi connectivity index (χ3v) is 1.90. The Hall–Kier alpha value is -0.760. The number of nitrogens with zero attached hydrogens (tertiary/aromatic N) is 1. The van der Waals surface area contributed by atoms with E-state index < -0.39 is 0 Å². The fourth-order valence-corrected chi connectivity index (χ4v) is 0.942. The van der Waals surface area contributed by atoms with Gasteiger partial charge in [0, 0.05) is 0 Å². The SMILES string of the molecule is CC.Cc1cc(N)nc(C)c1Cl. The van der Waals surface area contributed by atoms with Gasteiger partial charge in [-0.3, -0.25) is 0 Å². The largest absolute Gasteiger partial charge is 0.384 e. The van der Waals surface area contributed by atoms with Gasteiger partial charge < -0.3 is 5.73 Å². The number of anilines is 1. The molecule has 1 aromatic rings. The summed E-state index contributed by atoms with van der Waals surface area (Å²) in [4.78, 5) is 3.98. The van der Waals surface area contributed by atoms with E-state index in [0.717, 1.165) is 11.3 Å². The minimum atomic E-state index is 0.527. The highest BCUT2D eigenvalue weighted by molar-refractivity contribution is 6.31. The van der Waals surface area contributed by atoms with E-state index in [0.29, 0.717) is 10.8 Å². The van der Waals surface area contributed by atoms with E-state index in [4.69, 9.17) is 17.3 Å². The van der Waals surface area contributed by atoms with Gasteiger partial charge in [0.2, 0.25) is 0 Å². The Morgan fingerprint density at radius 3 is 2.25 bits per heavy atom. The van der Waals surface area contributed by atoms with Gasteiger partial charge in [0.25, 0.3) is 0 Å². The van der Waals surface area contributed by atoms with Crippen molar-refractivity contribution in [2.24, 2.45) is 0 Å². The van der Waals surface area contributed by atoms with Crippen LogP contribution in [-0.2, 0) is 0 Å². The zero-order valence-electron chi connectivity index (χ0n) is 7.98. The Morgan fingerprint density at radius 2 is 1.83 bits per heavy atom. The van der Waals surface area contributed by atoms with Gasteiger partial charge in [-0.05, 0) is 25.5 Å². The monoisotopic (exact) mass is 186 g/mol. The molecule has 0 aromatic carbocycles. The van der Waals surface area contributed by atoms with Crippen LogP contribution in [0.4, 0.5) is 5.82 Å². The molecular weight excluding hydrogens is 172 g/mol. The van der Waals surface area contributed by atoms with Gasteiger partial charge in [-0.2, -0.15) is 0 Å².